The molecule has 1 heterocycles. The SMILES string of the molecule is CCCSc1c(C)ccnc1C#N. The van der Waals surface area contributed by atoms with Crippen molar-refractivity contribution in [3.05, 3.63) is 23.5 Å². The van der Waals surface area contributed by atoms with Gasteiger partial charge in [0.1, 0.15) is 6.07 Å². The van der Waals surface area contributed by atoms with Crippen molar-refractivity contribution in [2.75, 3.05) is 5.75 Å². The molecule has 0 amide bonds. The maximum absolute atomic E-state index is 8.82. The summed E-state index contributed by atoms with van der Waals surface area (Å²) in [6, 6.07) is 4.06. The van der Waals surface area contributed by atoms with Gasteiger partial charge in [-0.15, -0.1) is 11.8 Å². The van der Waals surface area contributed by atoms with Crippen LogP contribution in [0.3, 0.4) is 0 Å². The van der Waals surface area contributed by atoms with Crippen LogP contribution in [0.5, 0.6) is 0 Å². The maximum atomic E-state index is 8.82. The molecule has 3 heteroatoms. The molecule has 0 atom stereocenters. The van der Waals surface area contributed by atoms with E-state index in [0.717, 1.165) is 22.6 Å². The largest absolute Gasteiger partial charge is 0.244 e. The average Bonchev–Trinajstić information content (AvgIpc) is 2.15. The van der Waals surface area contributed by atoms with E-state index in [0.29, 0.717) is 5.69 Å². The van der Waals surface area contributed by atoms with E-state index < -0.39 is 0 Å². The lowest BCUT2D eigenvalue weighted by Gasteiger charge is -2.04. The molecular formula is C10H12N2S. The van der Waals surface area contributed by atoms with Crippen LogP contribution < -0.4 is 0 Å². The molecule has 0 radical (unpaired) electrons. The zero-order valence-corrected chi connectivity index (χ0v) is 8.69. The lowest BCUT2D eigenvalue weighted by molar-refractivity contribution is 1.09. The highest BCUT2D eigenvalue weighted by Crippen LogP contribution is 2.24. The molecule has 0 fully saturated rings. The van der Waals surface area contributed by atoms with E-state index in [-0.39, 0.29) is 0 Å². The molecule has 0 bridgehead atoms. The maximum Gasteiger partial charge on any atom is 0.154 e. The van der Waals surface area contributed by atoms with Crippen molar-refractivity contribution in [3.8, 4) is 6.07 Å². The molecule has 0 unspecified atom stereocenters. The topological polar surface area (TPSA) is 36.7 Å². The first-order valence-corrected chi connectivity index (χ1v) is 5.26. The molecular weight excluding hydrogens is 180 g/mol. The number of nitrogens with zero attached hydrogens (tertiary/aromatic N) is 2. The molecule has 0 aliphatic heterocycles. The van der Waals surface area contributed by atoms with Crippen LogP contribution in [-0.4, -0.2) is 10.7 Å². The molecule has 13 heavy (non-hydrogen) atoms. The molecule has 0 aliphatic rings. The molecule has 0 saturated carbocycles. The van der Waals surface area contributed by atoms with E-state index >= 15 is 0 Å². The molecule has 0 aromatic carbocycles. The highest BCUT2D eigenvalue weighted by Gasteiger charge is 2.05. The van der Waals surface area contributed by atoms with Gasteiger partial charge in [-0.1, -0.05) is 6.92 Å². The van der Waals surface area contributed by atoms with Crippen LogP contribution >= 0.6 is 11.8 Å². The van der Waals surface area contributed by atoms with Gasteiger partial charge in [-0.25, -0.2) is 4.98 Å². The van der Waals surface area contributed by atoms with Gasteiger partial charge in [0.05, 0.1) is 0 Å². The lowest BCUT2D eigenvalue weighted by atomic mass is 10.2. The number of aryl methyl sites for hydroxylation is 1. The zero-order chi connectivity index (χ0) is 9.68. The first-order valence-electron chi connectivity index (χ1n) is 4.28. The van der Waals surface area contributed by atoms with Gasteiger partial charge in [0, 0.05) is 11.1 Å². The number of pyridine rings is 1. The van der Waals surface area contributed by atoms with Crippen molar-refractivity contribution in [2.24, 2.45) is 0 Å². The number of hydrogen-bond donors (Lipinski definition) is 0. The Morgan fingerprint density at radius 1 is 1.62 bits per heavy atom. The molecule has 2 nitrogen and oxygen atoms in total. The van der Waals surface area contributed by atoms with E-state index in [4.69, 9.17) is 5.26 Å². The van der Waals surface area contributed by atoms with Gasteiger partial charge in [-0.05, 0) is 30.7 Å². The Bertz CT molecular complexity index is 328. The Labute approximate surface area is 83.0 Å². The van der Waals surface area contributed by atoms with Crippen molar-refractivity contribution < 1.29 is 0 Å². The van der Waals surface area contributed by atoms with E-state index in [2.05, 4.69) is 18.0 Å². The fraction of sp³-hybridized carbons (Fsp3) is 0.400. The van der Waals surface area contributed by atoms with Crippen LogP contribution in [0.1, 0.15) is 24.6 Å². The van der Waals surface area contributed by atoms with Crippen LogP contribution in [0, 0.1) is 18.3 Å². The molecule has 68 valence electrons. The van der Waals surface area contributed by atoms with Crippen LogP contribution in [0.4, 0.5) is 0 Å². The Hall–Kier alpha value is -1.01. The second-order valence-corrected chi connectivity index (χ2v) is 3.87. The van der Waals surface area contributed by atoms with E-state index in [1.165, 1.54) is 0 Å². The monoisotopic (exact) mass is 192 g/mol. The van der Waals surface area contributed by atoms with Crippen molar-refractivity contribution in [2.45, 2.75) is 25.2 Å². The van der Waals surface area contributed by atoms with Gasteiger partial charge in [0.15, 0.2) is 5.69 Å². The summed E-state index contributed by atoms with van der Waals surface area (Å²) in [5.74, 6) is 1.04. The Balaban J connectivity index is 2.95. The summed E-state index contributed by atoms with van der Waals surface area (Å²) in [7, 11) is 0. The minimum Gasteiger partial charge on any atom is -0.244 e. The highest BCUT2D eigenvalue weighted by molar-refractivity contribution is 7.99. The van der Waals surface area contributed by atoms with E-state index in [9.17, 15) is 0 Å². The first-order chi connectivity index (χ1) is 6.29. The second kappa shape index (κ2) is 4.88. The smallest absolute Gasteiger partial charge is 0.154 e. The second-order valence-electron chi connectivity index (χ2n) is 2.77. The zero-order valence-electron chi connectivity index (χ0n) is 7.87. The number of aromatic nitrogens is 1. The van der Waals surface area contributed by atoms with Crippen LogP contribution in [-0.2, 0) is 0 Å². The summed E-state index contributed by atoms with van der Waals surface area (Å²) < 4.78 is 0. The number of hydrogen-bond acceptors (Lipinski definition) is 3. The van der Waals surface area contributed by atoms with Gasteiger partial charge < -0.3 is 0 Å². The fourth-order valence-electron chi connectivity index (χ4n) is 1.01. The van der Waals surface area contributed by atoms with E-state index in [1.807, 2.05) is 13.0 Å². The third-order valence-electron chi connectivity index (χ3n) is 1.66. The third kappa shape index (κ3) is 2.46. The Morgan fingerprint density at radius 3 is 3.00 bits per heavy atom. The summed E-state index contributed by atoms with van der Waals surface area (Å²) in [5, 5.41) is 8.82. The van der Waals surface area contributed by atoms with Gasteiger partial charge >= 0.3 is 0 Å². The summed E-state index contributed by atoms with van der Waals surface area (Å²) >= 11 is 1.71. The minimum atomic E-state index is 0.554. The molecule has 0 N–H and O–H groups in total. The van der Waals surface area contributed by atoms with Crippen LogP contribution in [0.25, 0.3) is 0 Å². The molecule has 1 aromatic rings. The fourth-order valence-corrected chi connectivity index (χ4v) is 1.95. The predicted octanol–water partition coefficient (Wildman–Crippen LogP) is 2.76. The summed E-state index contributed by atoms with van der Waals surface area (Å²) in [6.07, 6.45) is 2.80. The van der Waals surface area contributed by atoms with Crippen LogP contribution in [0.15, 0.2) is 17.2 Å². The Morgan fingerprint density at radius 2 is 2.38 bits per heavy atom. The van der Waals surface area contributed by atoms with E-state index in [1.54, 1.807) is 18.0 Å². The van der Waals surface area contributed by atoms with Gasteiger partial charge in [0.2, 0.25) is 0 Å². The van der Waals surface area contributed by atoms with Crippen molar-refractivity contribution in [1.29, 1.82) is 5.26 Å². The third-order valence-corrected chi connectivity index (χ3v) is 3.07. The molecule has 0 aliphatic carbocycles. The predicted molar refractivity (Wildman–Crippen MR) is 54.7 cm³/mol. The standard InChI is InChI=1S/C10H12N2S/c1-3-6-13-10-8(2)4-5-12-9(10)7-11/h4-5H,3,6H2,1-2H3. The average molecular weight is 192 g/mol. The molecule has 0 saturated heterocycles. The normalized spacial score (nSPS) is 9.62. The van der Waals surface area contributed by atoms with Crippen molar-refractivity contribution in [3.63, 3.8) is 0 Å². The van der Waals surface area contributed by atoms with Crippen molar-refractivity contribution in [1.82, 2.24) is 4.98 Å². The number of nitriles is 1. The first kappa shape index (κ1) is 10.1. The van der Waals surface area contributed by atoms with Crippen LogP contribution in [0.2, 0.25) is 0 Å². The van der Waals surface area contributed by atoms with Gasteiger partial charge in [0.25, 0.3) is 0 Å². The summed E-state index contributed by atoms with van der Waals surface area (Å²) in [6.45, 7) is 4.14. The summed E-state index contributed by atoms with van der Waals surface area (Å²) in [5.41, 5.74) is 1.70. The number of thioether (sulfide) groups is 1. The minimum absolute atomic E-state index is 0.554. The number of rotatable bonds is 3. The molecule has 1 rings (SSSR count). The van der Waals surface area contributed by atoms with Gasteiger partial charge in [-0.2, -0.15) is 5.26 Å². The summed E-state index contributed by atoms with van der Waals surface area (Å²) in [4.78, 5) is 5.06. The van der Waals surface area contributed by atoms with Gasteiger partial charge in [-0.3, -0.25) is 0 Å². The Kier molecular flexibility index (Phi) is 3.78. The van der Waals surface area contributed by atoms with Crippen molar-refractivity contribution >= 4 is 11.8 Å². The highest BCUT2D eigenvalue weighted by atomic mass is 32.2. The quantitative estimate of drug-likeness (QED) is 0.691. The molecule has 0 spiro atoms. The lowest BCUT2D eigenvalue weighted by Crippen LogP contribution is -1.90. The molecule has 1 aromatic heterocycles.